The molecule has 4 rings (SSSR count). The third-order valence-corrected chi connectivity index (χ3v) is 5.78. The van der Waals surface area contributed by atoms with Gasteiger partial charge < -0.3 is 10.2 Å². The second kappa shape index (κ2) is 7.37. The van der Waals surface area contributed by atoms with Gasteiger partial charge in [-0.25, -0.2) is 4.68 Å². The van der Waals surface area contributed by atoms with Crippen molar-refractivity contribution in [2.75, 3.05) is 6.54 Å². The second-order valence-corrected chi connectivity index (χ2v) is 8.22. The molecule has 2 fully saturated rings. The highest BCUT2D eigenvalue weighted by Crippen LogP contribution is 2.23. The summed E-state index contributed by atoms with van der Waals surface area (Å²) < 4.78 is 1.76. The van der Waals surface area contributed by atoms with Gasteiger partial charge in [-0.1, -0.05) is 23.4 Å². The Bertz CT molecular complexity index is 916. The number of aryl methyl sites for hydroxylation is 2. The summed E-state index contributed by atoms with van der Waals surface area (Å²) >= 11 is 0. The summed E-state index contributed by atoms with van der Waals surface area (Å²) in [7, 11) is 0. The third kappa shape index (κ3) is 3.93. The van der Waals surface area contributed by atoms with Crippen LogP contribution in [0.4, 0.5) is 0 Å². The van der Waals surface area contributed by atoms with E-state index in [9.17, 15) is 9.59 Å². The van der Waals surface area contributed by atoms with Gasteiger partial charge in [-0.05, 0) is 50.3 Å². The quantitative estimate of drug-likeness (QED) is 0.831. The lowest BCUT2D eigenvalue weighted by molar-refractivity contribution is -0.128. The number of amides is 2. The van der Waals surface area contributed by atoms with E-state index >= 15 is 0 Å². The van der Waals surface area contributed by atoms with Crippen LogP contribution in [0.5, 0.6) is 0 Å². The zero-order chi connectivity index (χ0) is 19.8. The number of rotatable bonds is 6. The molecule has 1 saturated heterocycles. The van der Waals surface area contributed by atoms with Gasteiger partial charge in [0.05, 0.1) is 5.69 Å². The molecule has 2 heterocycles. The Hall–Kier alpha value is -2.70. The lowest BCUT2D eigenvalue weighted by atomic mass is 10.1. The molecule has 1 atom stereocenters. The molecule has 1 N–H and O–H groups in total. The molecule has 1 aliphatic carbocycles. The summed E-state index contributed by atoms with van der Waals surface area (Å²) in [6.07, 6.45) is 2.59. The average molecular weight is 381 g/mol. The van der Waals surface area contributed by atoms with Gasteiger partial charge in [-0.2, -0.15) is 0 Å². The number of hydrogen-bond donors (Lipinski definition) is 1. The standard InChI is InChI=1S/C21H27N5O2/c1-13-4-5-16(8-14(13)2)10-25-11-17(9-19(25)27)12-26-15(3)20(23-24-26)21(28)22-18-6-7-18/h4-5,8,17-18H,6-7,9-12H2,1-3H3,(H,22,28). The maximum atomic E-state index is 12.5. The summed E-state index contributed by atoms with van der Waals surface area (Å²) in [5.41, 5.74) is 4.82. The van der Waals surface area contributed by atoms with Crippen molar-refractivity contribution in [1.82, 2.24) is 25.2 Å². The molecule has 2 aromatic rings. The van der Waals surface area contributed by atoms with E-state index in [0.717, 1.165) is 24.1 Å². The minimum Gasteiger partial charge on any atom is -0.348 e. The summed E-state index contributed by atoms with van der Waals surface area (Å²) in [6, 6.07) is 6.65. The molecule has 7 heteroatoms. The summed E-state index contributed by atoms with van der Waals surface area (Å²) in [5, 5.41) is 11.2. The van der Waals surface area contributed by atoms with E-state index in [1.807, 2.05) is 11.8 Å². The molecule has 1 aromatic carbocycles. The number of nitrogens with one attached hydrogen (secondary N) is 1. The molecule has 148 valence electrons. The minimum absolute atomic E-state index is 0.148. The van der Waals surface area contributed by atoms with Crippen molar-refractivity contribution in [3.8, 4) is 0 Å². The van der Waals surface area contributed by atoms with Crippen molar-refractivity contribution >= 4 is 11.8 Å². The molecular weight excluding hydrogens is 354 g/mol. The van der Waals surface area contributed by atoms with E-state index < -0.39 is 0 Å². The fourth-order valence-electron chi connectivity index (χ4n) is 3.72. The third-order valence-electron chi connectivity index (χ3n) is 5.78. The zero-order valence-corrected chi connectivity index (χ0v) is 16.7. The van der Waals surface area contributed by atoms with Gasteiger partial charge in [0.15, 0.2) is 5.69 Å². The Morgan fingerprint density at radius 1 is 1.21 bits per heavy atom. The van der Waals surface area contributed by atoms with Gasteiger partial charge in [0, 0.05) is 38.0 Å². The zero-order valence-electron chi connectivity index (χ0n) is 16.7. The fourth-order valence-corrected chi connectivity index (χ4v) is 3.72. The van der Waals surface area contributed by atoms with E-state index in [2.05, 4.69) is 47.7 Å². The van der Waals surface area contributed by atoms with Crippen LogP contribution in [-0.4, -0.2) is 44.3 Å². The summed E-state index contributed by atoms with van der Waals surface area (Å²) in [4.78, 5) is 26.6. The Kier molecular flexibility index (Phi) is 4.91. The highest BCUT2D eigenvalue weighted by molar-refractivity contribution is 5.93. The average Bonchev–Trinajstić information content (AvgIpc) is 3.30. The number of nitrogens with zero attached hydrogens (tertiary/aromatic N) is 4. The Labute approximate surface area is 165 Å². The van der Waals surface area contributed by atoms with Gasteiger partial charge in [0.25, 0.3) is 5.91 Å². The van der Waals surface area contributed by atoms with Crippen LogP contribution in [0.3, 0.4) is 0 Å². The Balaban J connectivity index is 1.38. The number of carbonyl (C=O) groups is 2. The molecule has 1 aromatic heterocycles. The van der Waals surface area contributed by atoms with E-state index in [-0.39, 0.29) is 17.7 Å². The van der Waals surface area contributed by atoms with Gasteiger partial charge in [0.1, 0.15) is 0 Å². The van der Waals surface area contributed by atoms with Crippen molar-refractivity contribution < 1.29 is 9.59 Å². The fraction of sp³-hybridized carbons (Fsp3) is 0.524. The first-order valence-electron chi connectivity index (χ1n) is 9.95. The lowest BCUT2D eigenvalue weighted by Gasteiger charge is -2.17. The first-order valence-corrected chi connectivity index (χ1v) is 9.95. The molecule has 0 spiro atoms. The minimum atomic E-state index is -0.148. The van der Waals surface area contributed by atoms with Crippen molar-refractivity contribution in [3.05, 3.63) is 46.3 Å². The van der Waals surface area contributed by atoms with E-state index in [0.29, 0.717) is 37.8 Å². The maximum absolute atomic E-state index is 12.5. The number of likely N-dealkylation sites (tertiary alicyclic amines) is 1. The monoisotopic (exact) mass is 381 g/mol. The molecule has 1 aliphatic heterocycles. The van der Waals surface area contributed by atoms with Crippen molar-refractivity contribution in [1.29, 1.82) is 0 Å². The molecule has 2 amide bonds. The SMILES string of the molecule is Cc1ccc(CN2CC(Cn3nnc(C(=O)NC4CC4)c3C)CC2=O)cc1C. The Morgan fingerprint density at radius 2 is 2.00 bits per heavy atom. The second-order valence-electron chi connectivity index (χ2n) is 8.22. The van der Waals surface area contributed by atoms with Gasteiger partial charge in [-0.15, -0.1) is 5.10 Å². The molecule has 0 bridgehead atoms. The predicted molar refractivity (Wildman–Crippen MR) is 105 cm³/mol. The number of carbonyl (C=O) groups excluding carboxylic acids is 2. The smallest absolute Gasteiger partial charge is 0.273 e. The van der Waals surface area contributed by atoms with Crippen molar-refractivity contribution in [2.24, 2.45) is 5.92 Å². The van der Waals surface area contributed by atoms with Crippen LogP contribution in [0, 0.1) is 26.7 Å². The summed E-state index contributed by atoms with van der Waals surface area (Å²) in [5.74, 6) is 0.205. The molecule has 7 nitrogen and oxygen atoms in total. The van der Waals surface area contributed by atoms with Crippen LogP contribution in [0.2, 0.25) is 0 Å². The molecule has 1 unspecified atom stereocenters. The predicted octanol–water partition coefficient (Wildman–Crippen LogP) is 2.14. The van der Waals surface area contributed by atoms with Crippen LogP contribution >= 0.6 is 0 Å². The van der Waals surface area contributed by atoms with Crippen LogP contribution in [0.25, 0.3) is 0 Å². The molecular formula is C21H27N5O2. The Morgan fingerprint density at radius 3 is 2.71 bits per heavy atom. The normalized spacial score (nSPS) is 19.3. The van der Waals surface area contributed by atoms with E-state index in [1.54, 1.807) is 4.68 Å². The number of hydrogen-bond acceptors (Lipinski definition) is 4. The first kappa shape index (κ1) is 18.7. The van der Waals surface area contributed by atoms with Crippen molar-refractivity contribution in [2.45, 2.75) is 59.2 Å². The molecule has 0 radical (unpaired) electrons. The summed E-state index contributed by atoms with van der Waals surface area (Å²) in [6.45, 7) is 8.00. The van der Waals surface area contributed by atoms with Crippen molar-refractivity contribution in [3.63, 3.8) is 0 Å². The van der Waals surface area contributed by atoms with Crippen LogP contribution < -0.4 is 5.32 Å². The molecule has 1 saturated carbocycles. The van der Waals surface area contributed by atoms with E-state index in [1.165, 1.54) is 11.1 Å². The van der Waals surface area contributed by atoms with Crippen LogP contribution in [-0.2, 0) is 17.9 Å². The number of benzene rings is 1. The number of aromatic nitrogens is 3. The highest BCUT2D eigenvalue weighted by atomic mass is 16.2. The maximum Gasteiger partial charge on any atom is 0.273 e. The van der Waals surface area contributed by atoms with Gasteiger partial charge in [0.2, 0.25) is 5.91 Å². The first-order chi connectivity index (χ1) is 13.4. The van der Waals surface area contributed by atoms with Crippen LogP contribution in [0.15, 0.2) is 18.2 Å². The lowest BCUT2D eigenvalue weighted by Crippen LogP contribution is -2.26. The van der Waals surface area contributed by atoms with Gasteiger partial charge in [-0.3, -0.25) is 9.59 Å². The highest BCUT2D eigenvalue weighted by Gasteiger charge is 2.31. The topological polar surface area (TPSA) is 80.1 Å². The molecule has 28 heavy (non-hydrogen) atoms. The van der Waals surface area contributed by atoms with Crippen LogP contribution in [0.1, 0.15) is 52.1 Å². The van der Waals surface area contributed by atoms with Gasteiger partial charge >= 0.3 is 0 Å². The largest absolute Gasteiger partial charge is 0.348 e. The molecule has 2 aliphatic rings. The van der Waals surface area contributed by atoms with E-state index in [4.69, 9.17) is 0 Å².